The highest BCUT2D eigenvalue weighted by atomic mass is 35.5. The second kappa shape index (κ2) is 14.7. The topological polar surface area (TPSA) is 174 Å². The molecule has 1 fully saturated rings. The van der Waals surface area contributed by atoms with Gasteiger partial charge < -0.3 is 30.4 Å². The quantitative estimate of drug-likeness (QED) is 0.225. The number of rotatable bonds is 7. The van der Waals surface area contributed by atoms with E-state index < -0.39 is 24.3 Å². The molecule has 3 aromatic rings. The first-order chi connectivity index (χ1) is 19.9. The Morgan fingerprint density at radius 2 is 1.67 bits per heavy atom. The molecule has 43 heavy (non-hydrogen) atoms. The summed E-state index contributed by atoms with van der Waals surface area (Å²) >= 11 is 13.1. The van der Waals surface area contributed by atoms with E-state index in [2.05, 4.69) is 30.2 Å². The van der Waals surface area contributed by atoms with Crippen molar-refractivity contribution in [2.45, 2.75) is 31.2 Å². The first kappa shape index (κ1) is 35.6. The zero-order chi connectivity index (χ0) is 32.7. The van der Waals surface area contributed by atoms with Crippen molar-refractivity contribution in [3.8, 4) is 5.75 Å². The molecule has 20 heteroatoms. The molecule has 0 aliphatic carbocycles. The number of aliphatic hydroxyl groups is 1. The maximum atomic E-state index is 10.6. The lowest BCUT2D eigenvalue weighted by molar-refractivity contribution is -0.193. The molecule has 1 aliphatic rings. The maximum Gasteiger partial charge on any atom is 0.490 e. The molecule has 1 atom stereocenters. The van der Waals surface area contributed by atoms with Crippen molar-refractivity contribution in [3.63, 3.8) is 0 Å². The number of ether oxygens (including phenoxy) is 1. The highest BCUT2D eigenvalue weighted by molar-refractivity contribution is 6.42. The Morgan fingerprint density at radius 1 is 1.12 bits per heavy atom. The van der Waals surface area contributed by atoms with Gasteiger partial charge in [0, 0.05) is 36.7 Å². The van der Waals surface area contributed by atoms with Crippen LogP contribution in [-0.4, -0.2) is 97.8 Å². The van der Waals surface area contributed by atoms with Crippen LogP contribution >= 0.6 is 23.2 Å². The number of likely N-dealkylation sites (tertiary alicyclic amines) is 1. The van der Waals surface area contributed by atoms with Crippen molar-refractivity contribution in [1.29, 1.82) is 0 Å². The van der Waals surface area contributed by atoms with Crippen molar-refractivity contribution in [2.24, 2.45) is 0 Å². The summed E-state index contributed by atoms with van der Waals surface area (Å²) < 4.78 is 69.3. The van der Waals surface area contributed by atoms with Gasteiger partial charge in [0.05, 0.1) is 36.1 Å². The minimum absolute atomic E-state index is 0.139. The summed E-state index contributed by atoms with van der Waals surface area (Å²) in [7, 11) is 1.64. The standard InChI is InChI=1S/C19H22Cl2N6O2.2C2HF3O2/c1-10(26-19-16-18(23-8-22-16)24-9-25-19)12-5-13(20)15(21)14(17(12)29-2)11-6-27(7-11)3-4-28;2*3-2(4,5)1(6)7/h5,8-11,28H,3-4,6-7H2,1-2H3,(H2,22,23,24,25,26);2*(H,6,7). The van der Waals surface area contributed by atoms with Crippen molar-refractivity contribution < 1.29 is 56.0 Å². The zero-order valence-corrected chi connectivity index (χ0v) is 23.6. The van der Waals surface area contributed by atoms with Gasteiger partial charge in [-0.2, -0.15) is 26.3 Å². The number of H-pyrrole nitrogens is 1. The molecule has 238 valence electrons. The normalized spacial score (nSPS) is 14.5. The number of hydrogen-bond donors (Lipinski definition) is 5. The zero-order valence-electron chi connectivity index (χ0n) is 22.1. The van der Waals surface area contributed by atoms with E-state index in [-0.39, 0.29) is 18.6 Å². The average molecular weight is 665 g/mol. The third-order valence-electron chi connectivity index (χ3n) is 5.74. The van der Waals surface area contributed by atoms with Gasteiger partial charge in [0.15, 0.2) is 11.5 Å². The number of carboxylic acid groups (broad SMARTS) is 2. The molecule has 1 unspecified atom stereocenters. The molecule has 0 spiro atoms. The number of imidazole rings is 1. The number of hydrogen-bond acceptors (Lipinski definition) is 9. The van der Waals surface area contributed by atoms with Crippen LogP contribution in [0.1, 0.15) is 30.0 Å². The van der Waals surface area contributed by atoms with Gasteiger partial charge in [-0.3, -0.25) is 4.90 Å². The summed E-state index contributed by atoms with van der Waals surface area (Å²) in [6.07, 6.45) is -7.10. The number of aromatic amines is 1. The number of benzene rings is 1. The number of carbonyl (C=O) groups is 2. The predicted octanol–water partition coefficient (Wildman–Crippen LogP) is 4.50. The summed E-state index contributed by atoms with van der Waals surface area (Å²) in [6, 6.07) is 1.67. The summed E-state index contributed by atoms with van der Waals surface area (Å²) in [5, 5.41) is 27.8. The predicted molar refractivity (Wildman–Crippen MR) is 140 cm³/mol. The summed E-state index contributed by atoms with van der Waals surface area (Å²) in [5.41, 5.74) is 3.12. The van der Waals surface area contributed by atoms with Gasteiger partial charge in [0.1, 0.15) is 17.6 Å². The van der Waals surface area contributed by atoms with Gasteiger partial charge in [-0.05, 0) is 13.0 Å². The van der Waals surface area contributed by atoms with E-state index in [9.17, 15) is 26.3 Å². The number of nitrogens with zero attached hydrogens (tertiary/aromatic N) is 4. The number of methoxy groups -OCH3 is 1. The molecule has 0 saturated carbocycles. The number of aliphatic hydroxyl groups excluding tert-OH is 1. The van der Waals surface area contributed by atoms with E-state index >= 15 is 0 Å². The molecule has 1 aliphatic heterocycles. The molecule has 4 rings (SSSR count). The van der Waals surface area contributed by atoms with Crippen LogP contribution in [-0.2, 0) is 9.59 Å². The SMILES string of the molecule is COc1c(C(C)Nc2ncnc3[nH]cnc23)cc(Cl)c(Cl)c1C1CN(CCO)C1.O=C(O)C(F)(F)F.O=C(O)C(F)(F)F. The molecule has 3 heterocycles. The van der Waals surface area contributed by atoms with E-state index in [1.54, 1.807) is 13.4 Å². The van der Waals surface area contributed by atoms with Crippen molar-refractivity contribution in [2.75, 3.05) is 38.7 Å². The summed E-state index contributed by atoms with van der Waals surface area (Å²) in [4.78, 5) is 35.7. The third-order valence-corrected chi connectivity index (χ3v) is 6.54. The number of anilines is 1. The molecule has 12 nitrogen and oxygen atoms in total. The van der Waals surface area contributed by atoms with Crippen molar-refractivity contribution >= 4 is 52.1 Å². The Morgan fingerprint density at radius 3 is 2.16 bits per heavy atom. The maximum absolute atomic E-state index is 10.6. The van der Waals surface area contributed by atoms with E-state index in [1.165, 1.54) is 6.33 Å². The number of nitrogens with one attached hydrogen (secondary N) is 2. The fourth-order valence-corrected chi connectivity index (χ4v) is 4.31. The summed E-state index contributed by atoms with van der Waals surface area (Å²) in [6.45, 7) is 4.40. The molecule has 0 radical (unpaired) electrons. The first-order valence-electron chi connectivity index (χ1n) is 11.8. The molecule has 5 N–H and O–H groups in total. The molecule has 1 aromatic carbocycles. The molecular weight excluding hydrogens is 641 g/mol. The lowest BCUT2D eigenvalue weighted by Gasteiger charge is -2.40. The van der Waals surface area contributed by atoms with Crippen LogP contribution in [0.5, 0.6) is 5.75 Å². The van der Waals surface area contributed by atoms with Crippen LogP contribution in [0.4, 0.5) is 32.2 Å². The van der Waals surface area contributed by atoms with Crippen LogP contribution in [0.15, 0.2) is 18.7 Å². The van der Waals surface area contributed by atoms with E-state index in [0.29, 0.717) is 33.6 Å². The number of carboxylic acids is 2. The van der Waals surface area contributed by atoms with Gasteiger partial charge in [0.2, 0.25) is 0 Å². The smallest absolute Gasteiger partial charge is 0.490 e. The van der Waals surface area contributed by atoms with E-state index in [0.717, 1.165) is 30.0 Å². The first-order valence-corrected chi connectivity index (χ1v) is 12.6. The second-order valence-corrected chi connectivity index (χ2v) is 9.47. The number of aromatic nitrogens is 4. The Balaban J connectivity index is 0.000000384. The van der Waals surface area contributed by atoms with Crippen molar-refractivity contribution in [1.82, 2.24) is 24.8 Å². The van der Waals surface area contributed by atoms with Crippen LogP contribution in [0.2, 0.25) is 10.0 Å². The van der Waals surface area contributed by atoms with Gasteiger partial charge >= 0.3 is 24.3 Å². The fraction of sp³-hybridized carbons (Fsp3) is 0.435. The Bertz CT molecular complexity index is 1390. The number of halogens is 8. The van der Waals surface area contributed by atoms with Crippen LogP contribution in [0, 0.1) is 0 Å². The van der Waals surface area contributed by atoms with E-state index in [1.807, 2.05) is 13.0 Å². The van der Waals surface area contributed by atoms with Gasteiger partial charge in [-0.1, -0.05) is 23.2 Å². The number of fused-ring (bicyclic) bond motifs is 1. The van der Waals surface area contributed by atoms with Crippen LogP contribution < -0.4 is 10.1 Å². The highest BCUT2D eigenvalue weighted by Crippen LogP contribution is 2.46. The minimum Gasteiger partial charge on any atom is -0.496 e. The lowest BCUT2D eigenvalue weighted by atomic mass is 9.88. The fourth-order valence-electron chi connectivity index (χ4n) is 3.79. The largest absolute Gasteiger partial charge is 0.496 e. The van der Waals surface area contributed by atoms with Crippen molar-refractivity contribution in [3.05, 3.63) is 39.9 Å². The molecule has 0 amide bonds. The highest BCUT2D eigenvalue weighted by Gasteiger charge is 2.39. The molecule has 0 bridgehead atoms. The Hall–Kier alpha value is -3.61. The van der Waals surface area contributed by atoms with E-state index in [4.69, 9.17) is 52.8 Å². The number of aliphatic carboxylic acids is 2. The van der Waals surface area contributed by atoms with Gasteiger partial charge in [0.25, 0.3) is 0 Å². The third kappa shape index (κ3) is 9.44. The average Bonchev–Trinajstić information content (AvgIpc) is 3.37. The Kier molecular flexibility index (Phi) is 12.2. The molecule has 2 aromatic heterocycles. The second-order valence-electron chi connectivity index (χ2n) is 8.68. The lowest BCUT2D eigenvalue weighted by Crippen LogP contribution is -2.46. The van der Waals surface area contributed by atoms with Gasteiger partial charge in [-0.25, -0.2) is 24.5 Å². The van der Waals surface area contributed by atoms with Gasteiger partial charge in [-0.15, -0.1) is 0 Å². The molecular formula is C23H24Cl2F6N6O6. The minimum atomic E-state index is -5.08. The van der Waals surface area contributed by atoms with Crippen LogP contribution in [0.25, 0.3) is 11.2 Å². The molecule has 1 saturated heterocycles. The number of alkyl halides is 6. The monoisotopic (exact) mass is 664 g/mol. The number of β-amino-alcohol motifs (C(OH)–C–C–N with tert-alkyl or cyclic N) is 1. The summed E-state index contributed by atoms with van der Waals surface area (Å²) in [5.74, 6) is -3.97. The Labute approximate surface area is 248 Å². The van der Waals surface area contributed by atoms with Crippen LogP contribution in [0.3, 0.4) is 0 Å².